The average Bonchev–Trinajstić information content (AvgIpc) is 2.81. The van der Waals surface area contributed by atoms with E-state index in [1.54, 1.807) is 6.92 Å². The third-order valence-corrected chi connectivity index (χ3v) is 3.41. The van der Waals surface area contributed by atoms with Gasteiger partial charge in [0.05, 0.1) is 4.92 Å². The molecule has 8 nitrogen and oxygen atoms in total. The summed E-state index contributed by atoms with van der Waals surface area (Å²) in [5, 5.41) is 19.1. The van der Waals surface area contributed by atoms with Gasteiger partial charge in [-0.25, -0.2) is 4.68 Å². The highest BCUT2D eigenvalue weighted by Gasteiger charge is 2.15. The molecule has 1 aromatic carbocycles. The van der Waals surface area contributed by atoms with Crippen LogP contribution in [0.1, 0.15) is 23.1 Å². The van der Waals surface area contributed by atoms with Crippen LogP contribution in [-0.4, -0.2) is 31.5 Å². The minimum Gasteiger partial charge on any atom is -0.267 e. The van der Waals surface area contributed by atoms with Gasteiger partial charge in [-0.05, 0) is 18.7 Å². The molecule has 0 saturated carbocycles. The molecule has 1 N–H and O–H groups in total. The van der Waals surface area contributed by atoms with Crippen molar-refractivity contribution in [1.82, 2.24) is 14.9 Å². The molecule has 0 fully saturated rings. The minimum atomic E-state index is -0.542. The van der Waals surface area contributed by atoms with Crippen LogP contribution in [0.5, 0.6) is 0 Å². The van der Waals surface area contributed by atoms with Crippen LogP contribution in [0.25, 0.3) is 0 Å². The van der Waals surface area contributed by atoms with Crippen LogP contribution in [0.3, 0.4) is 0 Å². The number of nitro groups is 1. The molecule has 0 saturated heterocycles. The third kappa shape index (κ3) is 3.37. The molecule has 1 aromatic heterocycles. The summed E-state index contributed by atoms with van der Waals surface area (Å²) in [7, 11) is 0. The summed E-state index contributed by atoms with van der Waals surface area (Å²) in [6.07, 6.45) is 0. The van der Waals surface area contributed by atoms with E-state index in [4.69, 9.17) is 0 Å². The van der Waals surface area contributed by atoms with Crippen molar-refractivity contribution < 1.29 is 9.72 Å². The van der Waals surface area contributed by atoms with Gasteiger partial charge in [0, 0.05) is 17.7 Å². The van der Waals surface area contributed by atoms with Crippen LogP contribution in [0.2, 0.25) is 0 Å². The van der Waals surface area contributed by atoms with Gasteiger partial charge in [-0.2, -0.15) is 0 Å². The summed E-state index contributed by atoms with van der Waals surface area (Å²) >= 11 is 1.43. The number of carbonyl (C=O) groups excluding carboxylic acids is 1. The minimum absolute atomic E-state index is 0.133. The predicted molar refractivity (Wildman–Crippen MR) is 77.9 cm³/mol. The Morgan fingerprint density at radius 3 is 2.90 bits per heavy atom. The number of rotatable bonds is 5. The first-order valence-electron chi connectivity index (χ1n) is 6.13. The SMILES string of the molecule is CCSc1nnc(C)n1NC(=O)c1cccc([N+](=O)[O-])c1. The van der Waals surface area contributed by atoms with Gasteiger partial charge in [0.2, 0.25) is 5.16 Å². The van der Waals surface area contributed by atoms with Crippen molar-refractivity contribution in [2.75, 3.05) is 11.2 Å². The van der Waals surface area contributed by atoms with E-state index in [0.29, 0.717) is 11.0 Å². The molecule has 0 aliphatic heterocycles. The van der Waals surface area contributed by atoms with Crippen LogP contribution in [0.4, 0.5) is 5.69 Å². The van der Waals surface area contributed by atoms with Crippen LogP contribution >= 0.6 is 11.8 Å². The maximum Gasteiger partial charge on any atom is 0.270 e. The van der Waals surface area contributed by atoms with Crippen LogP contribution < -0.4 is 5.43 Å². The fraction of sp³-hybridized carbons (Fsp3) is 0.250. The van der Waals surface area contributed by atoms with E-state index in [9.17, 15) is 14.9 Å². The number of amides is 1. The zero-order valence-corrected chi connectivity index (χ0v) is 12.3. The zero-order valence-electron chi connectivity index (χ0n) is 11.4. The van der Waals surface area contributed by atoms with Crippen molar-refractivity contribution in [3.05, 3.63) is 45.8 Å². The standard InChI is InChI=1S/C12H13N5O3S/c1-3-21-12-14-13-8(2)16(12)15-11(18)9-5-4-6-10(7-9)17(19)20/h4-7H,3H2,1-2H3,(H,15,18). The monoisotopic (exact) mass is 307 g/mol. The highest BCUT2D eigenvalue weighted by atomic mass is 32.2. The first-order chi connectivity index (χ1) is 10.0. The first kappa shape index (κ1) is 15.0. The molecule has 0 atom stereocenters. The molecular formula is C12H13N5O3S. The number of thioether (sulfide) groups is 1. The van der Waals surface area contributed by atoms with Crippen molar-refractivity contribution in [2.24, 2.45) is 0 Å². The summed E-state index contributed by atoms with van der Waals surface area (Å²) in [6, 6.07) is 5.53. The molecule has 0 aliphatic carbocycles. The number of non-ortho nitro benzene ring substituents is 1. The Hall–Kier alpha value is -2.42. The summed E-state index contributed by atoms with van der Waals surface area (Å²) in [4.78, 5) is 22.4. The summed E-state index contributed by atoms with van der Waals surface area (Å²) in [5.74, 6) is 0.856. The Balaban J connectivity index is 2.24. The Kier molecular flexibility index (Phi) is 4.53. The van der Waals surface area contributed by atoms with E-state index < -0.39 is 10.8 Å². The van der Waals surface area contributed by atoms with E-state index in [1.807, 2.05) is 6.92 Å². The van der Waals surface area contributed by atoms with Gasteiger partial charge in [-0.3, -0.25) is 20.3 Å². The van der Waals surface area contributed by atoms with Gasteiger partial charge in [0.15, 0.2) is 0 Å². The van der Waals surface area contributed by atoms with E-state index in [-0.39, 0.29) is 11.3 Å². The van der Waals surface area contributed by atoms with E-state index in [0.717, 1.165) is 5.75 Å². The van der Waals surface area contributed by atoms with Crippen molar-refractivity contribution in [1.29, 1.82) is 0 Å². The smallest absolute Gasteiger partial charge is 0.267 e. The van der Waals surface area contributed by atoms with Crippen molar-refractivity contribution in [3.8, 4) is 0 Å². The zero-order chi connectivity index (χ0) is 15.4. The molecule has 1 heterocycles. The second-order valence-electron chi connectivity index (χ2n) is 4.05. The molecule has 0 aliphatic rings. The third-order valence-electron chi connectivity index (χ3n) is 2.60. The van der Waals surface area contributed by atoms with Crippen molar-refractivity contribution in [2.45, 2.75) is 19.0 Å². The molecule has 110 valence electrons. The van der Waals surface area contributed by atoms with Gasteiger partial charge in [-0.1, -0.05) is 24.8 Å². The molecule has 1 amide bonds. The molecule has 0 bridgehead atoms. The lowest BCUT2D eigenvalue weighted by molar-refractivity contribution is -0.384. The van der Waals surface area contributed by atoms with Crippen LogP contribution in [0.15, 0.2) is 29.4 Å². The van der Waals surface area contributed by atoms with Gasteiger partial charge in [-0.15, -0.1) is 10.2 Å². The summed E-state index contributed by atoms with van der Waals surface area (Å²) < 4.78 is 1.47. The Labute approximate surface area is 124 Å². The van der Waals surface area contributed by atoms with E-state index in [1.165, 1.54) is 40.7 Å². The number of nitrogens with zero attached hydrogens (tertiary/aromatic N) is 4. The highest BCUT2D eigenvalue weighted by Crippen LogP contribution is 2.16. The first-order valence-corrected chi connectivity index (χ1v) is 7.12. The predicted octanol–water partition coefficient (Wildman–Crippen LogP) is 1.99. The molecule has 21 heavy (non-hydrogen) atoms. The lowest BCUT2D eigenvalue weighted by Gasteiger charge is -2.09. The largest absolute Gasteiger partial charge is 0.270 e. The second kappa shape index (κ2) is 6.35. The van der Waals surface area contributed by atoms with E-state index >= 15 is 0 Å². The quantitative estimate of drug-likeness (QED) is 0.515. The number of aryl methyl sites for hydroxylation is 1. The Morgan fingerprint density at radius 1 is 1.48 bits per heavy atom. The number of hydrogen-bond acceptors (Lipinski definition) is 6. The number of aromatic nitrogens is 3. The molecule has 0 spiro atoms. The highest BCUT2D eigenvalue weighted by molar-refractivity contribution is 7.99. The number of nitro benzene ring substituents is 1. The van der Waals surface area contributed by atoms with Gasteiger partial charge in [0.1, 0.15) is 5.82 Å². The molecular weight excluding hydrogens is 294 g/mol. The van der Waals surface area contributed by atoms with Crippen molar-refractivity contribution in [3.63, 3.8) is 0 Å². The van der Waals surface area contributed by atoms with Gasteiger partial charge in [0.25, 0.3) is 11.6 Å². The second-order valence-corrected chi connectivity index (χ2v) is 5.28. The maximum absolute atomic E-state index is 12.2. The van der Waals surface area contributed by atoms with Crippen LogP contribution in [-0.2, 0) is 0 Å². The lowest BCUT2D eigenvalue weighted by Crippen LogP contribution is -2.24. The number of benzene rings is 1. The van der Waals surface area contributed by atoms with Crippen molar-refractivity contribution >= 4 is 23.4 Å². The average molecular weight is 307 g/mol. The normalized spacial score (nSPS) is 10.4. The number of nitrogens with one attached hydrogen (secondary N) is 1. The molecule has 0 radical (unpaired) electrons. The molecule has 2 rings (SSSR count). The van der Waals surface area contributed by atoms with Crippen LogP contribution in [0, 0.1) is 17.0 Å². The lowest BCUT2D eigenvalue weighted by atomic mass is 10.2. The Morgan fingerprint density at radius 2 is 2.24 bits per heavy atom. The maximum atomic E-state index is 12.2. The fourth-order valence-corrected chi connectivity index (χ4v) is 2.28. The molecule has 0 unspecified atom stereocenters. The topological polar surface area (TPSA) is 103 Å². The summed E-state index contributed by atoms with van der Waals surface area (Å²) in [5.41, 5.74) is 2.70. The van der Waals surface area contributed by atoms with Gasteiger partial charge < -0.3 is 0 Å². The van der Waals surface area contributed by atoms with E-state index in [2.05, 4.69) is 15.6 Å². The fourth-order valence-electron chi connectivity index (χ4n) is 1.62. The van der Waals surface area contributed by atoms with Gasteiger partial charge >= 0.3 is 0 Å². The molecule has 2 aromatic rings. The summed E-state index contributed by atoms with van der Waals surface area (Å²) in [6.45, 7) is 3.67. The Bertz CT molecular complexity index is 685. The molecule has 9 heteroatoms. The number of hydrogen-bond donors (Lipinski definition) is 1. The number of carbonyl (C=O) groups is 1.